The molecule has 29 heavy (non-hydrogen) atoms. The molecule has 0 saturated heterocycles. The van der Waals surface area contributed by atoms with Crippen molar-refractivity contribution >= 4 is 22.4 Å². The molecule has 0 aliphatic rings. The Hall–Kier alpha value is -2.86. The van der Waals surface area contributed by atoms with Gasteiger partial charge >= 0.3 is 0 Å². The van der Waals surface area contributed by atoms with Crippen LogP contribution in [0.25, 0.3) is 11.3 Å². The zero-order chi connectivity index (χ0) is 20.8. The van der Waals surface area contributed by atoms with Gasteiger partial charge in [-0.1, -0.05) is 19.9 Å². The molecule has 0 aliphatic carbocycles. The number of hydrogen-bond donors (Lipinski definition) is 1. The molecule has 2 aromatic carbocycles. The van der Waals surface area contributed by atoms with Gasteiger partial charge in [-0.3, -0.25) is 10.1 Å². The molecule has 152 valence electrons. The molecule has 0 radical (unpaired) electrons. The molecule has 0 unspecified atom stereocenters. The minimum Gasteiger partial charge on any atom is -0.494 e. The first-order valence-corrected chi connectivity index (χ1v) is 10.6. The normalized spacial score (nSPS) is 10.8. The second-order valence-electron chi connectivity index (χ2n) is 7.01. The van der Waals surface area contributed by atoms with Crippen LogP contribution in [0.2, 0.25) is 0 Å². The topological polar surface area (TPSA) is 60.5 Å². The van der Waals surface area contributed by atoms with Gasteiger partial charge in [0.15, 0.2) is 11.7 Å². The molecular formula is C23H26N2O3S. The fourth-order valence-electron chi connectivity index (χ4n) is 3.04. The van der Waals surface area contributed by atoms with E-state index in [4.69, 9.17) is 9.47 Å². The molecule has 0 fully saturated rings. The van der Waals surface area contributed by atoms with Gasteiger partial charge in [-0.05, 0) is 67.3 Å². The van der Waals surface area contributed by atoms with E-state index in [-0.39, 0.29) is 12.5 Å². The highest BCUT2D eigenvalue weighted by molar-refractivity contribution is 7.14. The molecule has 5 nitrogen and oxygen atoms in total. The Morgan fingerprint density at radius 1 is 1.10 bits per heavy atom. The van der Waals surface area contributed by atoms with Crippen molar-refractivity contribution in [3.05, 3.63) is 59.0 Å². The summed E-state index contributed by atoms with van der Waals surface area (Å²) in [5, 5.41) is 5.26. The van der Waals surface area contributed by atoms with Crippen molar-refractivity contribution in [3.8, 4) is 22.8 Å². The minimum atomic E-state index is -0.233. The van der Waals surface area contributed by atoms with Crippen molar-refractivity contribution in [1.82, 2.24) is 4.98 Å². The van der Waals surface area contributed by atoms with E-state index in [0.717, 1.165) is 22.6 Å². The van der Waals surface area contributed by atoms with Crippen LogP contribution in [0.1, 0.15) is 37.8 Å². The third-order valence-corrected chi connectivity index (χ3v) is 5.20. The second kappa shape index (κ2) is 9.56. The van der Waals surface area contributed by atoms with Crippen molar-refractivity contribution in [3.63, 3.8) is 0 Å². The summed E-state index contributed by atoms with van der Waals surface area (Å²) >= 11 is 1.39. The molecule has 0 atom stereocenters. The number of benzene rings is 2. The fraction of sp³-hybridized carbons (Fsp3) is 0.304. The number of carbonyl (C=O) groups is 1. The predicted octanol–water partition coefficient (Wildman–Crippen LogP) is 5.66. The van der Waals surface area contributed by atoms with Crippen LogP contribution in [0.3, 0.4) is 0 Å². The zero-order valence-electron chi connectivity index (χ0n) is 17.2. The van der Waals surface area contributed by atoms with Crippen LogP contribution in [0.4, 0.5) is 5.13 Å². The molecular weight excluding hydrogens is 384 g/mol. The van der Waals surface area contributed by atoms with Crippen LogP contribution in [-0.4, -0.2) is 24.1 Å². The van der Waals surface area contributed by atoms with Crippen LogP contribution in [0.15, 0.2) is 47.8 Å². The molecule has 1 N–H and O–H groups in total. The maximum atomic E-state index is 12.2. The standard InChI is InChI=1S/C23H26N2O3S/c1-5-27-18-8-6-17(7-9-18)21-14-29-23(24-21)25-22(26)13-28-19-10-11-20(15(2)3)16(4)12-19/h6-12,14-15H,5,13H2,1-4H3,(H,24,25,26). The van der Waals surface area contributed by atoms with Crippen molar-refractivity contribution in [2.24, 2.45) is 0 Å². The summed E-state index contributed by atoms with van der Waals surface area (Å²) in [5.41, 5.74) is 4.24. The van der Waals surface area contributed by atoms with Crippen LogP contribution in [-0.2, 0) is 4.79 Å². The number of rotatable bonds is 8. The number of ether oxygens (including phenoxy) is 2. The molecule has 1 aromatic heterocycles. The van der Waals surface area contributed by atoms with Gasteiger partial charge in [-0.15, -0.1) is 11.3 Å². The first kappa shape index (κ1) is 20.9. The quantitative estimate of drug-likeness (QED) is 0.521. The summed E-state index contributed by atoms with van der Waals surface area (Å²) in [6, 6.07) is 13.7. The highest BCUT2D eigenvalue weighted by Crippen LogP contribution is 2.27. The van der Waals surface area contributed by atoms with Gasteiger partial charge in [0.05, 0.1) is 12.3 Å². The number of hydrogen-bond acceptors (Lipinski definition) is 5. The summed E-state index contributed by atoms with van der Waals surface area (Å²) in [6.07, 6.45) is 0. The highest BCUT2D eigenvalue weighted by Gasteiger charge is 2.10. The number of nitrogens with one attached hydrogen (secondary N) is 1. The third-order valence-electron chi connectivity index (χ3n) is 4.44. The number of aromatic nitrogens is 1. The number of thiazole rings is 1. The molecule has 0 spiro atoms. The molecule has 0 saturated carbocycles. The summed E-state index contributed by atoms with van der Waals surface area (Å²) in [7, 11) is 0. The monoisotopic (exact) mass is 410 g/mol. The van der Waals surface area contributed by atoms with E-state index in [1.807, 2.05) is 48.7 Å². The Morgan fingerprint density at radius 2 is 1.83 bits per heavy atom. The van der Waals surface area contributed by atoms with E-state index in [1.54, 1.807) is 0 Å². The molecule has 3 aromatic rings. The first-order chi connectivity index (χ1) is 14.0. The fourth-order valence-corrected chi connectivity index (χ4v) is 3.78. The van der Waals surface area contributed by atoms with Crippen LogP contribution in [0, 0.1) is 6.92 Å². The van der Waals surface area contributed by atoms with E-state index in [9.17, 15) is 4.79 Å². The molecule has 0 aliphatic heterocycles. The predicted molar refractivity (Wildman–Crippen MR) is 118 cm³/mol. The van der Waals surface area contributed by atoms with Gasteiger partial charge in [-0.25, -0.2) is 4.98 Å². The maximum absolute atomic E-state index is 12.2. The Kier molecular flexibility index (Phi) is 6.88. The first-order valence-electron chi connectivity index (χ1n) is 9.68. The largest absolute Gasteiger partial charge is 0.494 e. The number of carbonyl (C=O) groups excluding carboxylic acids is 1. The number of aryl methyl sites for hydroxylation is 1. The van der Waals surface area contributed by atoms with Gasteiger partial charge < -0.3 is 9.47 Å². The van der Waals surface area contributed by atoms with Crippen molar-refractivity contribution < 1.29 is 14.3 Å². The van der Waals surface area contributed by atoms with Crippen molar-refractivity contribution in [1.29, 1.82) is 0 Å². The third kappa shape index (κ3) is 5.57. The number of amides is 1. The average Bonchev–Trinajstić information content (AvgIpc) is 3.15. The van der Waals surface area contributed by atoms with E-state index in [2.05, 4.69) is 37.1 Å². The lowest BCUT2D eigenvalue weighted by Gasteiger charge is -2.12. The summed E-state index contributed by atoms with van der Waals surface area (Å²) in [4.78, 5) is 16.7. The zero-order valence-corrected chi connectivity index (χ0v) is 18.0. The molecule has 1 heterocycles. The van der Waals surface area contributed by atoms with Crippen LogP contribution >= 0.6 is 11.3 Å². The smallest absolute Gasteiger partial charge is 0.264 e. The summed E-state index contributed by atoms with van der Waals surface area (Å²) in [5.74, 6) is 1.75. The van der Waals surface area contributed by atoms with Gasteiger partial charge in [0.25, 0.3) is 5.91 Å². The van der Waals surface area contributed by atoms with Gasteiger partial charge in [0.2, 0.25) is 0 Å². The second-order valence-corrected chi connectivity index (χ2v) is 7.86. The van der Waals surface area contributed by atoms with Gasteiger partial charge in [-0.2, -0.15) is 0 Å². The lowest BCUT2D eigenvalue weighted by Crippen LogP contribution is -2.20. The van der Waals surface area contributed by atoms with Gasteiger partial charge in [0.1, 0.15) is 11.5 Å². The molecule has 0 bridgehead atoms. The van der Waals surface area contributed by atoms with E-state index < -0.39 is 0 Å². The average molecular weight is 411 g/mol. The van der Waals surface area contributed by atoms with E-state index in [1.165, 1.54) is 16.9 Å². The minimum absolute atomic E-state index is 0.0571. The lowest BCUT2D eigenvalue weighted by molar-refractivity contribution is -0.118. The van der Waals surface area contributed by atoms with E-state index >= 15 is 0 Å². The molecule has 3 rings (SSSR count). The Morgan fingerprint density at radius 3 is 2.48 bits per heavy atom. The molecule has 1 amide bonds. The Labute approximate surface area is 175 Å². The maximum Gasteiger partial charge on any atom is 0.264 e. The van der Waals surface area contributed by atoms with E-state index in [0.29, 0.717) is 23.4 Å². The Balaban J connectivity index is 1.55. The van der Waals surface area contributed by atoms with Crippen molar-refractivity contribution in [2.75, 3.05) is 18.5 Å². The van der Waals surface area contributed by atoms with Crippen LogP contribution < -0.4 is 14.8 Å². The van der Waals surface area contributed by atoms with Crippen molar-refractivity contribution in [2.45, 2.75) is 33.6 Å². The lowest BCUT2D eigenvalue weighted by atomic mass is 9.98. The highest BCUT2D eigenvalue weighted by atomic mass is 32.1. The summed E-state index contributed by atoms with van der Waals surface area (Å²) in [6.45, 7) is 8.90. The SMILES string of the molecule is CCOc1ccc(-c2csc(NC(=O)COc3ccc(C(C)C)c(C)c3)n2)cc1. The van der Waals surface area contributed by atoms with Gasteiger partial charge in [0, 0.05) is 10.9 Å². The van der Waals surface area contributed by atoms with Crippen LogP contribution in [0.5, 0.6) is 11.5 Å². The summed E-state index contributed by atoms with van der Waals surface area (Å²) < 4.78 is 11.1. The number of nitrogens with zero attached hydrogens (tertiary/aromatic N) is 1. The number of anilines is 1. The molecule has 6 heteroatoms. The Bertz CT molecular complexity index is 965.